The lowest BCUT2D eigenvalue weighted by Crippen LogP contribution is -2.40. The third-order valence-electron chi connectivity index (χ3n) is 5.35. The SMILES string of the molecule is C#CCn1c(=NC(=O)C2CCN(S(=O)(=O)c3ccc(F)cc3)CC2)sc2cc(F)ccc21. The first-order valence-corrected chi connectivity index (χ1v) is 12.1. The minimum atomic E-state index is -3.76. The Morgan fingerprint density at radius 3 is 2.44 bits per heavy atom. The summed E-state index contributed by atoms with van der Waals surface area (Å²) in [6.45, 7) is 0.507. The van der Waals surface area contributed by atoms with Crippen molar-refractivity contribution in [3.05, 3.63) is 58.9 Å². The fourth-order valence-electron chi connectivity index (χ4n) is 3.66. The lowest BCUT2D eigenvalue weighted by Gasteiger charge is -2.29. The van der Waals surface area contributed by atoms with Crippen LogP contribution in [0.25, 0.3) is 10.2 Å². The van der Waals surface area contributed by atoms with Gasteiger partial charge < -0.3 is 4.57 Å². The molecule has 1 aliphatic heterocycles. The molecular weight excluding hydrogens is 456 g/mol. The average Bonchev–Trinajstić information content (AvgIpc) is 3.10. The van der Waals surface area contributed by atoms with Gasteiger partial charge in [-0.05, 0) is 55.3 Å². The molecule has 166 valence electrons. The van der Waals surface area contributed by atoms with Gasteiger partial charge in [0.05, 0.1) is 21.7 Å². The van der Waals surface area contributed by atoms with E-state index < -0.39 is 21.8 Å². The largest absolute Gasteiger partial charge is 0.305 e. The number of terminal acetylenes is 1. The van der Waals surface area contributed by atoms with Crippen LogP contribution in [0.3, 0.4) is 0 Å². The summed E-state index contributed by atoms with van der Waals surface area (Å²) in [5.41, 5.74) is 0.695. The minimum absolute atomic E-state index is 0.0150. The van der Waals surface area contributed by atoms with Crippen LogP contribution in [0.15, 0.2) is 52.4 Å². The lowest BCUT2D eigenvalue weighted by molar-refractivity contribution is -0.122. The average molecular weight is 476 g/mol. The second kappa shape index (κ2) is 8.94. The Balaban J connectivity index is 1.53. The van der Waals surface area contributed by atoms with E-state index >= 15 is 0 Å². The number of aromatic nitrogens is 1. The second-order valence-corrected chi connectivity index (χ2v) is 10.3. The van der Waals surface area contributed by atoms with Gasteiger partial charge in [-0.3, -0.25) is 4.79 Å². The smallest absolute Gasteiger partial charge is 0.251 e. The molecule has 2 heterocycles. The van der Waals surface area contributed by atoms with Crippen LogP contribution in [0, 0.1) is 29.9 Å². The third kappa shape index (κ3) is 4.37. The van der Waals surface area contributed by atoms with E-state index in [-0.39, 0.29) is 36.3 Å². The first-order chi connectivity index (χ1) is 15.3. The number of carbonyl (C=O) groups is 1. The van der Waals surface area contributed by atoms with E-state index in [2.05, 4.69) is 10.9 Å². The zero-order valence-corrected chi connectivity index (χ0v) is 18.5. The molecule has 6 nitrogen and oxygen atoms in total. The third-order valence-corrected chi connectivity index (χ3v) is 8.31. The number of hydrogen-bond donors (Lipinski definition) is 0. The molecule has 0 bridgehead atoms. The van der Waals surface area contributed by atoms with Crippen LogP contribution in [0.2, 0.25) is 0 Å². The number of carbonyl (C=O) groups excluding carboxylic acids is 1. The molecule has 4 rings (SSSR count). The normalized spacial score (nSPS) is 16.3. The van der Waals surface area contributed by atoms with Crippen molar-refractivity contribution >= 4 is 37.5 Å². The molecule has 0 aliphatic carbocycles. The Morgan fingerprint density at radius 1 is 1.12 bits per heavy atom. The van der Waals surface area contributed by atoms with Crippen molar-refractivity contribution < 1.29 is 22.0 Å². The van der Waals surface area contributed by atoms with Gasteiger partial charge in [0.2, 0.25) is 10.0 Å². The molecule has 1 aromatic heterocycles. The van der Waals surface area contributed by atoms with Gasteiger partial charge in [0.1, 0.15) is 11.6 Å². The number of amides is 1. The van der Waals surface area contributed by atoms with Crippen molar-refractivity contribution in [2.45, 2.75) is 24.3 Å². The fourth-order valence-corrected chi connectivity index (χ4v) is 6.19. The maximum absolute atomic E-state index is 13.6. The zero-order chi connectivity index (χ0) is 22.9. The molecule has 1 aliphatic rings. The molecule has 0 radical (unpaired) electrons. The Hall–Kier alpha value is -2.87. The summed E-state index contributed by atoms with van der Waals surface area (Å²) in [5, 5.41) is 0. The molecule has 2 aromatic carbocycles. The summed E-state index contributed by atoms with van der Waals surface area (Å²) >= 11 is 1.18. The van der Waals surface area contributed by atoms with E-state index in [1.807, 2.05) is 0 Å². The van der Waals surface area contributed by atoms with Gasteiger partial charge in [0, 0.05) is 19.0 Å². The van der Waals surface area contributed by atoms with Crippen LogP contribution in [0.1, 0.15) is 12.8 Å². The maximum atomic E-state index is 13.6. The van der Waals surface area contributed by atoms with Crippen LogP contribution >= 0.6 is 11.3 Å². The van der Waals surface area contributed by atoms with Crippen LogP contribution in [-0.2, 0) is 21.4 Å². The van der Waals surface area contributed by atoms with E-state index in [0.29, 0.717) is 27.9 Å². The van der Waals surface area contributed by atoms with Gasteiger partial charge in [0.25, 0.3) is 5.91 Å². The highest BCUT2D eigenvalue weighted by Crippen LogP contribution is 2.25. The van der Waals surface area contributed by atoms with E-state index in [1.165, 1.54) is 39.9 Å². The molecule has 0 unspecified atom stereocenters. The van der Waals surface area contributed by atoms with Gasteiger partial charge in [0.15, 0.2) is 4.80 Å². The topological polar surface area (TPSA) is 71.7 Å². The summed E-state index contributed by atoms with van der Waals surface area (Å²) in [4.78, 5) is 17.5. The molecule has 1 fully saturated rings. The number of sulfonamides is 1. The molecule has 0 atom stereocenters. The van der Waals surface area contributed by atoms with Crippen LogP contribution in [-0.4, -0.2) is 36.3 Å². The molecule has 3 aromatic rings. The predicted octanol–water partition coefficient (Wildman–Crippen LogP) is 3.14. The summed E-state index contributed by atoms with van der Waals surface area (Å²) in [7, 11) is -3.76. The number of fused-ring (bicyclic) bond motifs is 1. The van der Waals surface area contributed by atoms with Gasteiger partial charge >= 0.3 is 0 Å². The van der Waals surface area contributed by atoms with Crippen molar-refractivity contribution in [1.29, 1.82) is 0 Å². The van der Waals surface area contributed by atoms with E-state index in [1.54, 1.807) is 10.6 Å². The monoisotopic (exact) mass is 475 g/mol. The number of hydrogen-bond acceptors (Lipinski definition) is 4. The highest BCUT2D eigenvalue weighted by molar-refractivity contribution is 7.89. The Morgan fingerprint density at radius 2 is 1.78 bits per heavy atom. The van der Waals surface area contributed by atoms with Crippen molar-refractivity contribution in [3.8, 4) is 12.3 Å². The molecule has 0 saturated carbocycles. The van der Waals surface area contributed by atoms with E-state index in [0.717, 1.165) is 12.1 Å². The van der Waals surface area contributed by atoms with Gasteiger partial charge in [-0.25, -0.2) is 17.2 Å². The molecule has 0 spiro atoms. The fraction of sp³-hybridized carbons (Fsp3) is 0.273. The number of nitrogens with zero attached hydrogens (tertiary/aromatic N) is 3. The molecule has 10 heteroatoms. The van der Waals surface area contributed by atoms with Crippen LogP contribution in [0.5, 0.6) is 0 Å². The van der Waals surface area contributed by atoms with Crippen molar-refractivity contribution in [2.24, 2.45) is 10.9 Å². The summed E-state index contributed by atoms with van der Waals surface area (Å²) in [6, 6.07) is 8.95. The predicted molar refractivity (Wildman–Crippen MR) is 117 cm³/mol. The number of benzene rings is 2. The molecule has 0 N–H and O–H groups in total. The second-order valence-electron chi connectivity index (χ2n) is 7.37. The number of thiazole rings is 1. The van der Waals surface area contributed by atoms with Crippen LogP contribution in [0.4, 0.5) is 8.78 Å². The quantitative estimate of drug-likeness (QED) is 0.545. The first kappa shape index (κ1) is 22.3. The molecule has 32 heavy (non-hydrogen) atoms. The van der Waals surface area contributed by atoms with Crippen molar-refractivity contribution in [2.75, 3.05) is 13.1 Å². The minimum Gasteiger partial charge on any atom is -0.305 e. The maximum Gasteiger partial charge on any atom is 0.251 e. The number of rotatable bonds is 4. The van der Waals surface area contributed by atoms with E-state index in [4.69, 9.17) is 6.42 Å². The summed E-state index contributed by atoms with van der Waals surface area (Å²) < 4.78 is 55.8. The lowest BCUT2D eigenvalue weighted by atomic mass is 9.98. The standard InChI is InChI=1S/C22H19F2N3O3S2/c1-2-11-27-19-8-5-17(24)14-20(19)31-22(27)25-21(28)15-9-12-26(13-10-15)32(29,30)18-6-3-16(23)4-7-18/h1,3-8,14-15H,9-13H2. The van der Waals surface area contributed by atoms with Gasteiger partial charge in [-0.1, -0.05) is 17.3 Å². The molecular formula is C22H19F2N3O3S2. The Bertz CT molecular complexity index is 1380. The van der Waals surface area contributed by atoms with Crippen molar-refractivity contribution in [1.82, 2.24) is 8.87 Å². The molecule has 1 amide bonds. The summed E-state index contributed by atoms with van der Waals surface area (Å²) in [5.74, 6) is 0.823. The van der Waals surface area contributed by atoms with E-state index in [9.17, 15) is 22.0 Å². The van der Waals surface area contributed by atoms with Crippen molar-refractivity contribution in [3.63, 3.8) is 0 Å². The van der Waals surface area contributed by atoms with Gasteiger partial charge in [-0.15, -0.1) is 6.42 Å². The highest BCUT2D eigenvalue weighted by Gasteiger charge is 2.32. The Labute approximate surface area is 187 Å². The van der Waals surface area contributed by atoms with Gasteiger partial charge in [-0.2, -0.15) is 9.30 Å². The zero-order valence-electron chi connectivity index (χ0n) is 16.9. The molecule has 1 saturated heterocycles. The van der Waals surface area contributed by atoms with Crippen LogP contribution < -0.4 is 4.80 Å². The summed E-state index contributed by atoms with van der Waals surface area (Å²) in [6.07, 6.45) is 6.08. The Kier molecular flexibility index (Phi) is 6.24. The number of piperidine rings is 1. The number of halogens is 2. The first-order valence-electron chi connectivity index (χ1n) is 9.86. The highest BCUT2D eigenvalue weighted by atomic mass is 32.2.